The van der Waals surface area contributed by atoms with Crippen molar-refractivity contribution in [3.05, 3.63) is 162 Å². The fourth-order valence-electron chi connectivity index (χ4n) is 7.58. The van der Waals surface area contributed by atoms with E-state index in [0.29, 0.717) is 16.8 Å². The van der Waals surface area contributed by atoms with Crippen LogP contribution in [0.4, 0.5) is 0 Å². The number of fused-ring (bicyclic) bond motifs is 6. The normalized spacial score (nSPS) is 12.3. The monoisotopic (exact) mass is 612 g/mol. The number of para-hydroxylation sites is 4. The topological polar surface area (TPSA) is 57.4 Å². The predicted molar refractivity (Wildman–Crippen MR) is 195 cm³/mol. The molecule has 9 rings (SSSR count). The molecule has 0 amide bonds. The number of aromatic nitrogens is 2. The van der Waals surface area contributed by atoms with Crippen LogP contribution in [0.1, 0.15) is 28.8 Å². The third-order valence-electron chi connectivity index (χ3n) is 9.68. The van der Waals surface area contributed by atoms with E-state index in [-0.39, 0.29) is 0 Å². The molecule has 0 fully saturated rings. The Morgan fingerprint density at radius 3 is 1.90 bits per heavy atom. The van der Waals surface area contributed by atoms with E-state index >= 15 is 0 Å². The van der Waals surface area contributed by atoms with Crippen LogP contribution in [0.3, 0.4) is 0 Å². The molecular weight excluding hydrogens is 585 g/mol. The number of benzene rings is 6. The van der Waals surface area contributed by atoms with Crippen molar-refractivity contribution in [2.24, 2.45) is 0 Å². The summed E-state index contributed by atoms with van der Waals surface area (Å²) < 4.78 is 4.53. The van der Waals surface area contributed by atoms with Gasteiger partial charge in [0.1, 0.15) is 12.1 Å². The summed E-state index contributed by atoms with van der Waals surface area (Å²) in [4.78, 5) is 0. The second-order valence-corrected chi connectivity index (χ2v) is 12.3. The Balaban J connectivity index is 1.25. The molecule has 2 heterocycles. The zero-order chi connectivity index (χ0) is 32.2. The average Bonchev–Trinajstić information content (AvgIpc) is 3.67. The number of allylic oxidation sites excluding steroid dienone is 1. The molecule has 0 spiro atoms. The van der Waals surface area contributed by atoms with Crippen molar-refractivity contribution in [1.82, 2.24) is 9.13 Å². The van der Waals surface area contributed by atoms with Crippen molar-refractivity contribution in [1.29, 1.82) is 10.5 Å². The van der Waals surface area contributed by atoms with Gasteiger partial charge in [-0.1, -0.05) is 97.1 Å². The lowest BCUT2D eigenvalue weighted by atomic mass is 9.94. The number of rotatable bonds is 4. The van der Waals surface area contributed by atoms with Gasteiger partial charge in [-0.3, -0.25) is 0 Å². The Kier molecular flexibility index (Phi) is 6.35. The van der Waals surface area contributed by atoms with Gasteiger partial charge in [0.2, 0.25) is 0 Å². The van der Waals surface area contributed by atoms with Crippen LogP contribution >= 0.6 is 0 Å². The van der Waals surface area contributed by atoms with Gasteiger partial charge < -0.3 is 9.13 Å². The highest BCUT2D eigenvalue weighted by Crippen LogP contribution is 2.40. The Hall–Kier alpha value is -6.62. The van der Waals surface area contributed by atoms with Crippen molar-refractivity contribution in [2.45, 2.75) is 12.8 Å². The first-order valence-electron chi connectivity index (χ1n) is 16.2. The van der Waals surface area contributed by atoms with Gasteiger partial charge in [-0.25, -0.2) is 0 Å². The molecule has 1 aliphatic carbocycles. The van der Waals surface area contributed by atoms with Gasteiger partial charge >= 0.3 is 0 Å². The van der Waals surface area contributed by atoms with Gasteiger partial charge in [0, 0.05) is 27.4 Å². The molecule has 48 heavy (non-hydrogen) atoms. The molecule has 0 atom stereocenters. The Morgan fingerprint density at radius 1 is 0.521 bits per heavy atom. The predicted octanol–water partition coefficient (Wildman–Crippen LogP) is 10.8. The summed E-state index contributed by atoms with van der Waals surface area (Å²) in [6.07, 6.45) is 6.62. The summed E-state index contributed by atoms with van der Waals surface area (Å²) in [6.45, 7) is 0. The summed E-state index contributed by atoms with van der Waals surface area (Å²) in [5, 5.41) is 24.2. The average molecular weight is 613 g/mol. The van der Waals surface area contributed by atoms with Gasteiger partial charge in [0.05, 0.1) is 39.1 Å². The molecule has 2 aromatic heterocycles. The van der Waals surface area contributed by atoms with Crippen LogP contribution in [0, 0.1) is 22.7 Å². The molecular formula is C44H28N4. The highest BCUT2D eigenvalue weighted by Gasteiger charge is 2.21. The third-order valence-corrected chi connectivity index (χ3v) is 9.68. The van der Waals surface area contributed by atoms with Crippen molar-refractivity contribution in [3.63, 3.8) is 0 Å². The van der Waals surface area contributed by atoms with Crippen LogP contribution < -0.4 is 0 Å². The fraction of sp³-hybridized carbons (Fsp3) is 0.0455. The minimum atomic E-state index is 0.356. The minimum Gasteiger partial charge on any atom is -0.309 e. The van der Waals surface area contributed by atoms with Crippen LogP contribution in [0.15, 0.2) is 140 Å². The first-order chi connectivity index (χ1) is 23.7. The van der Waals surface area contributed by atoms with E-state index in [1.54, 1.807) is 0 Å². The maximum Gasteiger partial charge on any atom is 0.103 e. The molecule has 8 aromatic rings. The minimum absolute atomic E-state index is 0.356. The van der Waals surface area contributed by atoms with E-state index < -0.39 is 0 Å². The Bertz CT molecular complexity index is 2650. The molecule has 1 aliphatic rings. The fourth-order valence-corrected chi connectivity index (χ4v) is 7.58. The number of aryl methyl sites for hydroxylation is 1. The molecule has 0 saturated heterocycles. The molecule has 6 aromatic carbocycles. The number of nitrogens with zero attached hydrogens (tertiary/aromatic N) is 4. The largest absolute Gasteiger partial charge is 0.309 e. The van der Waals surface area contributed by atoms with Gasteiger partial charge in [0.15, 0.2) is 0 Å². The van der Waals surface area contributed by atoms with Crippen LogP contribution in [-0.4, -0.2) is 9.13 Å². The van der Waals surface area contributed by atoms with Crippen LogP contribution in [0.5, 0.6) is 0 Å². The molecule has 4 heteroatoms. The van der Waals surface area contributed by atoms with E-state index in [1.165, 1.54) is 22.2 Å². The molecule has 224 valence electrons. The number of nitriles is 2. The summed E-state index contributed by atoms with van der Waals surface area (Å²) >= 11 is 0. The lowest BCUT2D eigenvalue weighted by Crippen LogP contribution is -2.02. The first-order valence-corrected chi connectivity index (χ1v) is 16.2. The van der Waals surface area contributed by atoms with Crippen molar-refractivity contribution >= 4 is 38.8 Å². The lowest BCUT2D eigenvalue weighted by Gasteiger charge is -2.17. The second kappa shape index (κ2) is 11.0. The van der Waals surface area contributed by atoms with E-state index in [4.69, 9.17) is 0 Å². The molecule has 0 radical (unpaired) electrons. The van der Waals surface area contributed by atoms with E-state index in [2.05, 4.69) is 137 Å². The van der Waals surface area contributed by atoms with Crippen molar-refractivity contribution < 1.29 is 0 Å². The molecule has 0 saturated carbocycles. The Labute approximate surface area is 278 Å². The molecule has 4 nitrogen and oxygen atoms in total. The second-order valence-electron chi connectivity index (χ2n) is 12.3. The quantitative estimate of drug-likeness (QED) is 0.199. The maximum absolute atomic E-state index is 10.4. The van der Waals surface area contributed by atoms with E-state index in [9.17, 15) is 10.5 Å². The number of hydrogen-bond donors (Lipinski definition) is 0. The molecule has 0 bridgehead atoms. The van der Waals surface area contributed by atoms with Crippen molar-refractivity contribution in [2.75, 3.05) is 0 Å². The molecule has 0 N–H and O–H groups in total. The highest BCUT2D eigenvalue weighted by atomic mass is 15.0. The maximum atomic E-state index is 10.4. The highest BCUT2D eigenvalue weighted by molar-refractivity contribution is 6.09. The summed E-state index contributed by atoms with van der Waals surface area (Å²) in [5.41, 5.74) is 12.5. The van der Waals surface area contributed by atoms with Gasteiger partial charge in [0.25, 0.3) is 0 Å². The molecule has 0 unspecified atom stereocenters. The SMILES string of the molecule is N#Cc1cc(-c2cccc(-c3ccccc3-n3c4c(c5ccccc53)CCC=C4)c2)cc(-n2c3ccccc3c3ccccc32)c1C#N. The van der Waals surface area contributed by atoms with Gasteiger partial charge in [-0.15, -0.1) is 0 Å². The zero-order valence-electron chi connectivity index (χ0n) is 26.1. The van der Waals surface area contributed by atoms with Crippen LogP contribution in [0.2, 0.25) is 0 Å². The first kappa shape index (κ1) is 27.7. The summed E-state index contributed by atoms with van der Waals surface area (Å²) in [6, 6.07) is 50.9. The third kappa shape index (κ3) is 4.14. The van der Waals surface area contributed by atoms with Crippen LogP contribution in [-0.2, 0) is 6.42 Å². The summed E-state index contributed by atoms with van der Waals surface area (Å²) in [7, 11) is 0. The standard InChI is InChI=1S/C44H28N4/c45-27-32-25-31(26-44(38(32)28-46)48-42-22-9-4-17-36(42)37-18-5-10-23-43(37)48)29-12-11-13-30(24-29)33-14-1-6-19-39(33)47-40-20-7-2-15-34(40)35-16-3-8-21-41(35)47/h1-2,4-15,17-26H,3,16H2. The van der Waals surface area contributed by atoms with Gasteiger partial charge in [-0.2, -0.15) is 10.5 Å². The van der Waals surface area contributed by atoms with E-state index in [0.717, 1.165) is 62.6 Å². The van der Waals surface area contributed by atoms with Gasteiger partial charge in [-0.05, 0) is 83.6 Å². The Morgan fingerprint density at radius 2 is 1.17 bits per heavy atom. The van der Waals surface area contributed by atoms with Crippen molar-refractivity contribution in [3.8, 4) is 45.8 Å². The lowest BCUT2D eigenvalue weighted by molar-refractivity contribution is 0.968. The zero-order valence-corrected chi connectivity index (χ0v) is 26.1. The molecule has 0 aliphatic heterocycles. The smallest absolute Gasteiger partial charge is 0.103 e. The van der Waals surface area contributed by atoms with Crippen LogP contribution in [0.25, 0.3) is 72.4 Å². The van der Waals surface area contributed by atoms with E-state index in [1.807, 2.05) is 30.3 Å². The summed E-state index contributed by atoms with van der Waals surface area (Å²) in [5.74, 6) is 0. The number of hydrogen-bond acceptors (Lipinski definition) is 2.